The van der Waals surface area contributed by atoms with E-state index in [1.54, 1.807) is 25.1 Å². The summed E-state index contributed by atoms with van der Waals surface area (Å²) in [5.74, 6) is -0.463. The molecule has 0 heterocycles. The summed E-state index contributed by atoms with van der Waals surface area (Å²) in [6.07, 6.45) is 0. The molecule has 0 saturated heterocycles. The minimum atomic E-state index is -0.463. The van der Waals surface area contributed by atoms with Gasteiger partial charge in [0.2, 0.25) is 0 Å². The van der Waals surface area contributed by atoms with Crippen molar-refractivity contribution < 1.29 is 9.31 Å². The van der Waals surface area contributed by atoms with E-state index >= 15 is 0 Å². The maximum atomic E-state index is 13.7. The lowest BCUT2D eigenvalue weighted by Crippen LogP contribution is -2.08. The fourth-order valence-corrected chi connectivity index (χ4v) is 1.99. The van der Waals surface area contributed by atoms with E-state index in [0.717, 1.165) is 0 Å². The van der Waals surface area contributed by atoms with Crippen LogP contribution in [0, 0.1) is 15.9 Å². The Hall–Kier alpha value is -2.14. The van der Waals surface area contributed by atoms with Crippen LogP contribution in [0.4, 0.5) is 15.8 Å². The second kappa shape index (κ2) is 5.88. The lowest BCUT2D eigenvalue weighted by Gasteiger charge is -2.16. The quantitative estimate of drug-likeness (QED) is 0.664. The van der Waals surface area contributed by atoms with E-state index in [1.807, 2.05) is 0 Å². The predicted molar refractivity (Wildman–Crippen MR) is 76.5 cm³/mol. The zero-order chi connectivity index (χ0) is 14.7. The molecule has 4 nitrogen and oxygen atoms in total. The maximum Gasteiger partial charge on any atom is 0.269 e. The van der Waals surface area contributed by atoms with Crippen LogP contribution in [-0.2, 0) is 0 Å². The first-order valence-corrected chi connectivity index (χ1v) is 6.31. The first-order chi connectivity index (χ1) is 9.47. The van der Waals surface area contributed by atoms with Gasteiger partial charge in [0, 0.05) is 23.2 Å². The molecule has 0 aliphatic heterocycles. The van der Waals surface area contributed by atoms with Crippen molar-refractivity contribution in [2.45, 2.75) is 13.0 Å². The zero-order valence-electron chi connectivity index (χ0n) is 10.6. The molecule has 1 atom stereocenters. The van der Waals surface area contributed by atoms with Gasteiger partial charge in [-0.2, -0.15) is 0 Å². The molecule has 0 radical (unpaired) electrons. The summed E-state index contributed by atoms with van der Waals surface area (Å²) >= 11 is 5.68. The molecule has 20 heavy (non-hydrogen) atoms. The van der Waals surface area contributed by atoms with E-state index in [-0.39, 0.29) is 11.7 Å². The molecule has 2 aromatic carbocycles. The van der Waals surface area contributed by atoms with Crippen molar-refractivity contribution >= 4 is 23.0 Å². The fourth-order valence-electron chi connectivity index (χ4n) is 1.83. The average Bonchev–Trinajstić information content (AvgIpc) is 2.42. The van der Waals surface area contributed by atoms with Crippen LogP contribution < -0.4 is 5.32 Å². The lowest BCUT2D eigenvalue weighted by atomic mass is 10.1. The van der Waals surface area contributed by atoms with Gasteiger partial charge in [0.05, 0.1) is 10.6 Å². The third kappa shape index (κ3) is 3.24. The number of halogens is 2. The van der Waals surface area contributed by atoms with Crippen molar-refractivity contribution in [3.05, 3.63) is 69.0 Å². The molecule has 0 aliphatic carbocycles. The molecular formula is C14H12ClFN2O2. The molecule has 0 aromatic heterocycles. The third-order valence-corrected chi connectivity index (χ3v) is 3.12. The highest BCUT2D eigenvalue weighted by Gasteiger charge is 2.12. The second-order valence-corrected chi connectivity index (χ2v) is 4.78. The highest BCUT2D eigenvalue weighted by molar-refractivity contribution is 6.30. The van der Waals surface area contributed by atoms with E-state index in [0.29, 0.717) is 16.3 Å². The van der Waals surface area contributed by atoms with Crippen LogP contribution in [0.25, 0.3) is 0 Å². The van der Waals surface area contributed by atoms with Crippen LogP contribution >= 0.6 is 11.6 Å². The van der Waals surface area contributed by atoms with E-state index in [1.165, 1.54) is 24.3 Å². The number of nitrogens with zero attached hydrogens (tertiary/aromatic N) is 1. The molecule has 0 spiro atoms. The van der Waals surface area contributed by atoms with Gasteiger partial charge in [-0.25, -0.2) is 4.39 Å². The van der Waals surface area contributed by atoms with Crippen molar-refractivity contribution in [2.24, 2.45) is 0 Å². The standard InChI is InChI=1S/C14H12ClFN2O2/c1-9(10-3-2-4-12(7-10)18(19)20)17-14-6-5-11(15)8-13(14)16/h2-9,17H,1H3. The normalized spacial score (nSPS) is 11.9. The smallest absolute Gasteiger partial charge is 0.269 e. The Kier molecular flexibility index (Phi) is 4.20. The van der Waals surface area contributed by atoms with E-state index < -0.39 is 10.7 Å². The number of nitro groups is 1. The molecule has 0 aliphatic rings. The average molecular weight is 295 g/mol. The van der Waals surface area contributed by atoms with Crippen molar-refractivity contribution in [1.82, 2.24) is 0 Å². The molecule has 0 saturated carbocycles. The summed E-state index contributed by atoms with van der Waals surface area (Å²) < 4.78 is 13.7. The molecule has 1 N–H and O–H groups in total. The van der Waals surface area contributed by atoms with Crippen molar-refractivity contribution in [3.8, 4) is 0 Å². The van der Waals surface area contributed by atoms with Crippen LogP contribution in [0.3, 0.4) is 0 Å². The highest BCUT2D eigenvalue weighted by Crippen LogP contribution is 2.25. The molecule has 0 fully saturated rings. The van der Waals surface area contributed by atoms with Gasteiger partial charge in [0.15, 0.2) is 0 Å². The summed E-state index contributed by atoms with van der Waals surface area (Å²) in [5, 5.41) is 14.0. The monoisotopic (exact) mass is 294 g/mol. The molecule has 0 bridgehead atoms. The number of hydrogen-bond acceptors (Lipinski definition) is 3. The van der Waals surface area contributed by atoms with Gasteiger partial charge in [0.1, 0.15) is 5.82 Å². The predicted octanol–water partition coefficient (Wildman–Crippen LogP) is 4.56. The maximum absolute atomic E-state index is 13.7. The number of nitrogens with one attached hydrogen (secondary N) is 1. The van der Waals surface area contributed by atoms with Crippen LogP contribution in [0.2, 0.25) is 5.02 Å². The van der Waals surface area contributed by atoms with Gasteiger partial charge < -0.3 is 5.32 Å². The fraction of sp³-hybridized carbons (Fsp3) is 0.143. The van der Waals surface area contributed by atoms with Crippen molar-refractivity contribution in [3.63, 3.8) is 0 Å². The molecular weight excluding hydrogens is 283 g/mol. The number of rotatable bonds is 4. The van der Waals surface area contributed by atoms with Gasteiger partial charge >= 0.3 is 0 Å². The lowest BCUT2D eigenvalue weighted by molar-refractivity contribution is -0.384. The first-order valence-electron chi connectivity index (χ1n) is 5.93. The number of non-ortho nitro benzene ring substituents is 1. The molecule has 2 rings (SSSR count). The third-order valence-electron chi connectivity index (χ3n) is 2.88. The van der Waals surface area contributed by atoms with E-state index in [4.69, 9.17) is 11.6 Å². The minimum Gasteiger partial charge on any atom is -0.376 e. The Morgan fingerprint density at radius 1 is 1.30 bits per heavy atom. The number of benzene rings is 2. The molecule has 6 heteroatoms. The van der Waals surface area contributed by atoms with Gasteiger partial charge in [-0.1, -0.05) is 23.7 Å². The summed E-state index contributed by atoms with van der Waals surface area (Å²) in [7, 11) is 0. The summed E-state index contributed by atoms with van der Waals surface area (Å²) in [5.41, 5.74) is 1.01. The topological polar surface area (TPSA) is 55.2 Å². The van der Waals surface area contributed by atoms with Crippen LogP contribution in [-0.4, -0.2) is 4.92 Å². The molecule has 104 valence electrons. The van der Waals surface area contributed by atoms with Crippen molar-refractivity contribution in [2.75, 3.05) is 5.32 Å². The number of hydrogen-bond donors (Lipinski definition) is 1. The van der Waals surface area contributed by atoms with E-state index in [2.05, 4.69) is 5.32 Å². The zero-order valence-corrected chi connectivity index (χ0v) is 11.4. The Balaban J connectivity index is 2.21. The Morgan fingerprint density at radius 3 is 2.70 bits per heavy atom. The summed E-state index contributed by atoms with van der Waals surface area (Å²) in [6, 6.07) is 10.3. The summed E-state index contributed by atoms with van der Waals surface area (Å²) in [6.45, 7) is 1.80. The van der Waals surface area contributed by atoms with Gasteiger partial charge in [-0.05, 0) is 30.7 Å². The largest absolute Gasteiger partial charge is 0.376 e. The highest BCUT2D eigenvalue weighted by atomic mass is 35.5. The Morgan fingerprint density at radius 2 is 2.05 bits per heavy atom. The molecule has 2 aromatic rings. The van der Waals surface area contributed by atoms with Crippen LogP contribution in [0.15, 0.2) is 42.5 Å². The first kappa shape index (κ1) is 14.3. The van der Waals surface area contributed by atoms with E-state index in [9.17, 15) is 14.5 Å². The number of nitro benzene ring substituents is 1. The number of anilines is 1. The van der Waals surface area contributed by atoms with Gasteiger partial charge in [0.25, 0.3) is 5.69 Å². The molecule has 0 amide bonds. The van der Waals surface area contributed by atoms with Gasteiger partial charge in [-0.15, -0.1) is 0 Å². The van der Waals surface area contributed by atoms with Crippen molar-refractivity contribution in [1.29, 1.82) is 0 Å². The Labute approximate surface area is 120 Å². The van der Waals surface area contributed by atoms with Gasteiger partial charge in [-0.3, -0.25) is 10.1 Å². The summed E-state index contributed by atoms with van der Waals surface area (Å²) in [4.78, 5) is 10.3. The second-order valence-electron chi connectivity index (χ2n) is 4.34. The van der Waals surface area contributed by atoms with Crippen LogP contribution in [0.1, 0.15) is 18.5 Å². The minimum absolute atomic E-state index is 0.00716. The Bertz CT molecular complexity index is 649. The van der Waals surface area contributed by atoms with Crippen LogP contribution in [0.5, 0.6) is 0 Å². The SMILES string of the molecule is CC(Nc1ccc(Cl)cc1F)c1cccc([N+](=O)[O-])c1. The molecule has 1 unspecified atom stereocenters.